The second kappa shape index (κ2) is 7.75. The minimum absolute atomic E-state index is 1.01. The molecule has 0 fully saturated rings. The maximum atomic E-state index is 5.17. The highest BCUT2D eigenvalue weighted by Crippen LogP contribution is 2.33. The molecule has 0 saturated heterocycles. The number of hydrogen-bond acceptors (Lipinski definition) is 1. The monoisotopic (exact) mass is 351 g/mol. The summed E-state index contributed by atoms with van der Waals surface area (Å²) in [5.41, 5.74) is 7.37. The van der Waals surface area contributed by atoms with E-state index in [9.17, 15) is 0 Å². The minimum Gasteiger partial charge on any atom is -0.252 e. The van der Waals surface area contributed by atoms with Gasteiger partial charge in [0.1, 0.15) is 0 Å². The molecule has 0 radical (unpaired) electrons. The van der Waals surface area contributed by atoms with Gasteiger partial charge in [-0.25, -0.2) is 0 Å². The van der Waals surface area contributed by atoms with Crippen LogP contribution in [0.15, 0.2) is 78.9 Å². The van der Waals surface area contributed by atoms with E-state index in [1.807, 2.05) is 0 Å². The minimum atomic E-state index is 1.01. The summed E-state index contributed by atoms with van der Waals surface area (Å²) in [6, 6.07) is 28.0. The summed E-state index contributed by atoms with van der Waals surface area (Å²) in [4.78, 5) is 5.17. The number of benzene rings is 3. The first-order valence-corrected chi connectivity index (χ1v) is 9.82. The molecule has 0 aliphatic carbocycles. The fourth-order valence-corrected chi connectivity index (χ4v) is 3.85. The number of fused-ring (bicyclic) bond motifs is 1. The summed E-state index contributed by atoms with van der Waals surface area (Å²) in [5.74, 6) is 0. The molecule has 0 unspecified atom stereocenters. The van der Waals surface area contributed by atoms with Crippen LogP contribution in [0.5, 0.6) is 0 Å². The van der Waals surface area contributed by atoms with Gasteiger partial charge in [-0.1, -0.05) is 86.1 Å². The largest absolute Gasteiger partial charge is 0.252 e. The predicted octanol–water partition coefficient (Wildman–Crippen LogP) is 7.22. The molecule has 1 heterocycles. The molecule has 1 aromatic heterocycles. The van der Waals surface area contributed by atoms with Crippen molar-refractivity contribution in [3.8, 4) is 22.4 Å². The SMILES string of the molecule is CCCCc1nc(-c2cccc3ccccc23)cc(C)c1-c1ccccc1. The maximum absolute atomic E-state index is 5.17. The summed E-state index contributed by atoms with van der Waals surface area (Å²) in [5, 5.41) is 2.53. The van der Waals surface area contributed by atoms with Crippen molar-refractivity contribution in [3.63, 3.8) is 0 Å². The molecule has 0 aliphatic heterocycles. The molecule has 3 aromatic carbocycles. The Morgan fingerprint density at radius 3 is 2.37 bits per heavy atom. The van der Waals surface area contributed by atoms with E-state index in [1.165, 1.54) is 45.1 Å². The highest BCUT2D eigenvalue weighted by atomic mass is 14.7. The molecule has 0 aliphatic rings. The average molecular weight is 351 g/mol. The van der Waals surface area contributed by atoms with E-state index in [-0.39, 0.29) is 0 Å². The Labute approximate surface area is 161 Å². The molecular formula is C26H25N. The van der Waals surface area contributed by atoms with Gasteiger partial charge in [-0.2, -0.15) is 0 Å². The molecule has 1 nitrogen and oxygen atoms in total. The van der Waals surface area contributed by atoms with Crippen LogP contribution in [0.2, 0.25) is 0 Å². The van der Waals surface area contributed by atoms with Crippen LogP contribution in [0.4, 0.5) is 0 Å². The first kappa shape index (κ1) is 17.5. The molecule has 0 N–H and O–H groups in total. The normalized spacial score (nSPS) is 11.0. The molecule has 4 aromatic rings. The third kappa shape index (κ3) is 3.50. The lowest BCUT2D eigenvalue weighted by Gasteiger charge is -2.16. The molecule has 4 rings (SSSR count). The van der Waals surface area contributed by atoms with Gasteiger partial charge in [-0.05, 0) is 47.7 Å². The van der Waals surface area contributed by atoms with Crippen molar-refractivity contribution in [2.45, 2.75) is 33.1 Å². The van der Waals surface area contributed by atoms with Gasteiger partial charge in [0.2, 0.25) is 0 Å². The van der Waals surface area contributed by atoms with Crippen molar-refractivity contribution in [2.75, 3.05) is 0 Å². The van der Waals surface area contributed by atoms with E-state index in [1.54, 1.807) is 0 Å². The van der Waals surface area contributed by atoms with Gasteiger partial charge in [0.05, 0.1) is 5.69 Å². The van der Waals surface area contributed by atoms with Crippen molar-refractivity contribution in [1.29, 1.82) is 0 Å². The van der Waals surface area contributed by atoms with E-state index >= 15 is 0 Å². The Kier molecular flexibility index (Phi) is 5.02. The Bertz CT molecular complexity index is 1060. The van der Waals surface area contributed by atoms with Crippen LogP contribution < -0.4 is 0 Å². The lowest BCUT2D eigenvalue weighted by Crippen LogP contribution is -2.00. The lowest BCUT2D eigenvalue weighted by atomic mass is 9.93. The molecule has 0 amide bonds. The second-order valence-corrected chi connectivity index (χ2v) is 7.14. The van der Waals surface area contributed by atoms with Gasteiger partial charge >= 0.3 is 0 Å². The van der Waals surface area contributed by atoms with Crippen molar-refractivity contribution in [1.82, 2.24) is 4.98 Å². The number of hydrogen-bond donors (Lipinski definition) is 0. The maximum Gasteiger partial charge on any atom is 0.0714 e. The number of nitrogens with zero attached hydrogens (tertiary/aromatic N) is 1. The van der Waals surface area contributed by atoms with Crippen LogP contribution in [0.25, 0.3) is 33.2 Å². The standard InChI is InChI=1S/C26H25N/c1-3-4-17-24-26(21-12-6-5-7-13-21)19(2)18-25(27-24)23-16-10-14-20-11-8-9-15-22(20)23/h5-16,18H,3-4,17H2,1-2H3. The lowest BCUT2D eigenvalue weighted by molar-refractivity contribution is 0.778. The van der Waals surface area contributed by atoms with E-state index in [0.29, 0.717) is 0 Å². The van der Waals surface area contributed by atoms with E-state index in [2.05, 4.69) is 92.7 Å². The Hall–Kier alpha value is -2.93. The highest BCUT2D eigenvalue weighted by molar-refractivity contribution is 5.96. The van der Waals surface area contributed by atoms with E-state index in [4.69, 9.17) is 4.98 Å². The molecule has 27 heavy (non-hydrogen) atoms. The summed E-state index contributed by atoms with van der Waals surface area (Å²) in [6.07, 6.45) is 3.35. The molecule has 0 saturated carbocycles. The first-order chi connectivity index (χ1) is 13.3. The smallest absolute Gasteiger partial charge is 0.0714 e. The van der Waals surface area contributed by atoms with Crippen LogP contribution in [0, 0.1) is 6.92 Å². The second-order valence-electron chi connectivity index (χ2n) is 7.14. The van der Waals surface area contributed by atoms with Crippen molar-refractivity contribution in [3.05, 3.63) is 90.1 Å². The van der Waals surface area contributed by atoms with Gasteiger partial charge in [0.15, 0.2) is 0 Å². The van der Waals surface area contributed by atoms with Gasteiger partial charge in [-0.15, -0.1) is 0 Å². The number of pyridine rings is 1. The first-order valence-electron chi connectivity index (χ1n) is 9.82. The zero-order chi connectivity index (χ0) is 18.6. The number of aryl methyl sites for hydroxylation is 2. The molecule has 0 spiro atoms. The van der Waals surface area contributed by atoms with E-state index < -0.39 is 0 Å². The van der Waals surface area contributed by atoms with Crippen molar-refractivity contribution >= 4 is 10.8 Å². The molecule has 0 bridgehead atoms. The van der Waals surface area contributed by atoms with Crippen LogP contribution in [-0.4, -0.2) is 4.98 Å². The highest BCUT2D eigenvalue weighted by Gasteiger charge is 2.14. The fourth-order valence-electron chi connectivity index (χ4n) is 3.85. The summed E-state index contributed by atoms with van der Waals surface area (Å²) < 4.78 is 0. The summed E-state index contributed by atoms with van der Waals surface area (Å²) >= 11 is 0. The van der Waals surface area contributed by atoms with Crippen LogP contribution >= 0.6 is 0 Å². The molecule has 0 atom stereocenters. The number of aromatic nitrogens is 1. The number of unbranched alkanes of at least 4 members (excludes halogenated alkanes) is 1. The van der Waals surface area contributed by atoms with Crippen LogP contribution in [0.3, 0.4) is 0 Å². The summed E-state index contributed by atoms with van der Waals surface area (Å²) in [7, 11) is 0. The fraction of sp³-hybridized carbons (Fsp3) is 0.192. The van der Waals surface area contributed by atoms with Crippen LogP contribution in [0.1, 0.15) is 31.0 Å². The Morgan fingerprint density at radius 1 is 0.815 bits per heavy atom. The molecule has 134 valence electrons. The quantitative estimate of drug-likeness (QED) is 0.370. The molecular weight excluding hydrogens is 326 g/mol. The van der Waals surface area contributed by atoms with E-state index in [0.717, 1.165) is 18.5 Å². The third-order valence-electron chi connectivity index (χ3n) is 5.19. The predicted molar refractivity (Wildman–Crippen MR) is 116 cm³/mol. The third-order valence-corrected chi connectivity index (χ3v) is 5.19. The topological polar surface area (TPSA) is 12.9 Å². The van der Waals surface area contributed by atoms with Crippen LogP contribution in [-0.2, 0) is 6.42 Å². The van der Waals surface area contributed by atoms with Gasteiger partial charge in [0, 0.05) is 16.8 Å². The van der Waals surface area contributed by atoms with Crippen molar-refractivity contribution < 1.29 is 0 Å². The Balaban J connectivity index is 1.91. The number of rotatable bonds is 5. The summed E-state index contributed by atoms with van der Waals surface area (Å²) in [6.45, 7) is 4.46. The van der Waals surface area contributed by atoms with Gasteiger partial charge in [0.25, 0.3) is 0 Å². The Morgan fingerprint density at radius 2 is 1.56 bits per heavy atom. The van der Waals surface area contributed by atoms with Gasteiger partial charge < -0.3 is 0 Å². The zero-order valence-corrected chi connectivity index (χ0v) is 16.1. The van der Waals surface area contributed by atoms with Gasteiger partial charge in [-0.3, -0.25) is 4.98 Å². The zero-order valence-electron chi connectivity index (χ0n) is 16.1. The average Bonchev–Trinajstić information content (AvgIpc) is 2.72. The molecule has 1 heteroatoms. The van der Waals surface area contributed by atoms with Crippen molar-refractivity contribution in [2.24, 2.45) is 0 Å².